The van der Waals surface area contributed by atoms with Gasteiger partial charge >= 0.3 is 0 Å². The van der Waals surface area contributed by atoms with Gasteiger partial charge in [0.2, 0.25) is 5.88 Å². The van der Waals surface area contributed by atoms with Crippen molar-refractivity contribution in [2.24, 2.45) is 0 Å². The van der Waals surface area contributed by atoms with Crippen LogP contribution in [0.15, 0.2) is 6.07 Å². The van der Waals surface area contributed by atoms with Crippen LogP contribution < -0.4 is 10.1 Å². The average molecular weight is 237 g/mol. The summed E-state index contributed by atoms with van der Waals surface area (Å²) in [6, 6.07) is 2.29. The third-order valence-corrected chi connectivity index (χ3v) is 2.89. The van der Waals surface area contributed by atoms with Crippen molar-refractivity contribution >= 4 is 5.82 Å². The van der Waals surface area contributed by atoms with Gasteiger partial charge in [0.15, 0.2) is 0 Å². The second kappa shape index (κ2) is 5.31. The summed E-state index contributed by atoms with van der Waals surface area (Å²) < 4.78 is 10.6. The largest absolute Gasteiger partial charge is 0.478 e. The highest BCUT2D eigenvalue weighted by atomic mass is 16.5. The zero-order valence-electron chi connectivity index (χ0n) is 10.6. The number of aryl methyl sites for hydroxylation is 1. The van der Waals surface area contributed by atoms with E-state index in [1.165, 1.54) is 0 Å². The number of aromatic nitrogens is 2. The topological polar surface area (TPSA) is 56.3 Å². The SMILES string of the molecule is CCOc1cc(NC2CC(OC)C2)nc(C)n1. The van der Waals surface area contributed by atoms with Crippen molar-refractivity contribution in [2.75, 3.05) is 19.0 Å². The van der Waals surface area contributed by atoms with E-state index in [1.807, 2.05) is 19.9 Å². The summed E-state index contributed by atoms with van der Waals surface area (Å²) in [5.74, 6) is 2.19. The van der Waals surface area contributed by atoms with Gasteiger partial charge in [-0.1, -0.05) is 0 Å². The van der Waals surface area contributed by atoms with Crippen LogP contribution in [0.3, 0.4) is 0 Å². The van der Waals surface area contributed by atoms with Crippen LogP contribution in [0.2, 0.25) is 0 Å². The Bertz CT molecular complexity index is 378. The Morgan fingerprint density at radius 3 is 2.82 bits per heavy atom. The highest BCUT2D eigenvalue weighted by Gasteiger charge is 2.29. The summed E-state index contributed by atoms with van der Waals surface area (Å²) in [5.41, 5.74) is 0. The van der Waals surface area contributed by atoms with Gasteiger partial charge in [0.1, 0.15) is 11.6 Å². The zero-order valence-corrected chi connectivity index (χ0v) is 10.6. The van der Waals surface area contributed by atoms with Crippen molar-refractivity contribution < 1.29 is 9.47 Å². The van der Waals surface area contributed by atoms with Gasteiger partial charge in [0.05, 0.1) is 12.7 Å². The van der Waals surface area contributed by atoms with Crippen LogP contribution in [0.4, 0.5) is 5.82 Å². The molecule has 94 valence electrons. The van der Waals surface area contributed by atoms with E-state index in [-0.39, 0.29) is 0 Å². The Balaban J connectivity index is 1.96. The maximum Gasteiger partial charge on any atom is 0.218 e. The molecule has 1 aliphatic rings. The van der Waals surface area contributed by atoms with Crippen molar-refractivity contribution in [1.29, 1.82) is 0 Å². The fourth-order valence-electron chi connectivity index (χ4n) is 1.92. The molecule has 1 heterocycles. The summed E-state index contributed by atoms with van der Waals surface area (Å²) in [4.78, 5) is 8.55. The van der Waals surface area contributed by atoms with Gasteiger partial charge in [-0.3, -0.25) is 0 Å². The fourth-order valence-corrected chi connectivity index (χ4v) is 1.92. The first-order chi connectivity index (χ1) is 8.21. The molecule has 1 N–H and O–H groups in total. The molecule has 0 aromatic carbocycles. The van der Waals surface area contributed by atoms with E-state index < -0.39 is 0 Å². The van der Waals surface area contributed by atoms with E-state index in [4.69, 9.17) is 9.47 Å². The number of anilines is 1. The Hall–Kier alpha value is -1.36. The molecule has 0 radical (unpaired) electrons. The third-order valence-electron chi connectivity index (χ3n) is 2.89. The molecule has 1 saturated carbocycles. The first-order valence-corrected chi connectivity index (χ1v) is 5.99. The predicted octanol–water partition coefficient (Wildman–Crippen LogP) is 1.77. The maximum atomic E-state index is 5.39. The first kappa shape index (κ1) is 12.1. The van der Waals surface area contributed by atoms with Crippen molar-refractivity contribution in [3.05, 3.63) is 11.9 Å². The molecule has 5 nitrogen and oxygen atoms in total. The van der Waals surface area contributed by atoms with E-state index in [1.54, 1.807) is 7.11 Å². The lowest BCUT2D eigenvalue weighted by molar-refractivity contribution is 0.0328. The fraction of sp³-hybridized carbons (Fsp3) is 0.667. The van der Waals surface area contributed by atoms with Gasteiger partial charge in [-0.15, -0.1) is 0 Å². The second-order valence-corrected chi connectivity index (χ2v) is 4.24. The van der Waals surface area contributed by atoms with Crippen LogP contribution in [-0.2, 0) is 4.74 Å². The minimum atomic E-state index is 0.391. The third kappa shape index (κ3) is 3.06. The standard InChI is InChI=1S/C12H19N3O2/c1-4-17-12-7-11(13-8(2)14-12)15-9-5-10(6-9)16-3/h7,9-10H,4-6H2,1-3H3,(H,13,14,15). The van der Waals surface area contributed by atoms with Gasteiger partial charge in [-0.05, 0) is 26.7 Å². The number of methoxy groups -OCH3 is 1. The Kier molecular flexibility index (Phi) is 3.78. The minimum absolute atomic E-state index is 0.391. The lowest BCUT2D eigenvalue weighted by Crippen LogP contribution is -2.40. The number of ether oxygens (including phenoxy) is 2. The molecule has 0 amide bonds. The molecular formula is C12H19N3O2. The maximum absolute atomic E-state index is 5.39. The van der Waals surface area contributed by atoms with E-state index in [9.17, 15) is 0 Å². The summed E-state index contributed by atoms with van der Waals surface area (Å²) in [6.07, 6.45) is 2.45. The molecule has 2 rings (SSSR count). The predicted molar refractivity (Wildman–Crippen MR) is 65.4 cm³/mol. The molecule has 17 heavy (non-hydrogen) atoms. The molecule has 5 heteroatoms. The number of rotatable bonds is 5. The highest BCUT2D eigenvalue weighted by molar-refractivity contribution is 5.40. The Morgan fingerprint density at radius 2 is 2.18 bits per heavy atom. The highest BCUT2D eigenvalue weighted by Crippen LogP contribution is 2.26. The van der Waals surface area contributed by atoms with E-state index >= 15 is 0 Å². The molecular weight excluding hydrogens is 218 g/mol. The molecule has 0 aliphatic heterocycles. The van der Waals surface area contributed by atoms with Gasteiger partial charge in [0.25, 0.3) is 0 Å². The van der Waals surface area contributed by atoms with Gasteiger partial charge in [-0.2, -0.15) is 4.98 Å². The van der Waals surface area contributed by atoms with Crippen LogP contribution in [0.25, 0.3) is 0 Å². The van der Waals surface area contributed by atoms with Crippen LogP contribution in [0.5, 0.6) is 5.88 Å². The Morgan fingerprint density at radius 1 is 1.41 bits per heavy atom. The number of hydrogen-bond donors (Lipinski definition) is 1. The monoisotopic (exact) mass is 237 g/mol. The molecule has 0 atom stereocenters. The minimum Gasteiger partial charge on any atom is -0.478 e. The van der Waals surface area contributed by atoms with Crippen molar-refractivity contribution in [3.63, 3.8) is 0 Å². The van der Waals surface area contributed by atoms with Crippen LogP contribution >= 0.6 is 0 Å². The Labute approximate surface area is 102 Å². The normalized spacial score (nSPS) is 23.0. The molecule has 1 aromatic heterocycles. The van der Waals surface area contributed by atoms with Crippen molar-refractivity contribution in [3.8, 4) is 5.88 Å². The molecule has 0 spiro atoms. The van der Waals surface area contributed by atoms with Crippen LogP contribution in [0, 0.1) is 6.92 Å². The molecule has 0 saturated heterocycles. The summed E-state index contributed by atoms with van der Waals surface area (Å²) in [5, 5.41) is 3.37. The number of hydrogen-bond acceptors (Lipinski definition) is 5. The summed E-state index contributed by atoms with van der Waals surface area (Å²) in [6.45, 7) is 4.43. The van der Waals surface area contributed by atoms with E-state index in [0.717, 1.165) is 24.5 Å². The smallest absolute Gasteiger partial charge is 0.218 e. The van der Waals surface area contributed by atoms with Gasteiger partial charge in [-0.25, -0.2) is 4.98 Å². The molecule has 1 aliphatic carbocycles. The quantitative estimate of drug-likeness (QED) is 0.845. The summed E-state index contributed by atoms with van der Waals surface area (Å²) >= 11 is 0. The van der Waals surface area contributed by atoms with E-state index in [2.05, 4.69) is 15.3 Å². The van der Waals surface area contributed by atoms with Crippen LogP contribution in [0.1, 0.15) is 25.6 Å². The van der Waals surface area contributed by atoms with Gasteiger partial charge < -0.3 is 14.8 Å². The van der Waals surface area contributed by atoms with E-state index in [0.29, 0.717) is 24.6 Å². The lowest BCUT2D eigenvalue weighted by Gasteiger charge is -2.34. The van der Waals surface area contributed by atoms with Crippen molar-refractivity contribution in [1.82, 2.24) is 9.97 Å². The number of nitrogens with one attached hydrogen (secondary N) is 1. The van der Waals surface area contributed by atoms with Crippen molar-refractivity contribution in [2.45, 2.75) is 38.8 Å². The van der Waals surface area contributed by atoms with Gasteiger partial charge in [0, 0.05) is 19.2 Å². The average Bonchev–Trinajstić information content (AvgIpc) is 2.22. The molecule has 1 aromatic rings. The first-order valence-electron chi connectivity index (χ1n) is 5.99. The molecule has 1 fully saturated rings. The number of nitrogens with zero attached hydrogens (tertiary/aromatic N) is 2. The second-order valence-electron chi connectivity index (χ2n) is 4.24. The lowest BCUT2D eigenvalue weighted by atomic mass is 9.89. The zero-order chi connectivity index (χ0) is 12.3. The molecule has 0 unspecified atom stereocenters. The molecule has 0 bridgehead atoms. The van der Waals surface area contributed by atoms with Crippen LogP contribution in [-0.4, -0.2) is 35.8 Å². The summed E-state index contributed by atoms with van der Waals surface area (Å²) in [7, 11) is 1.75.